The largest absolute Gasteiger partial charge is 0.454 e. The lowest BCUT2D eigenvalue weighted by Gasteiger charge is -2.14. The van der Waals surface area contributed by atoms with Crippen molar-refractivity contribution < 1.29 is 13.9 Å². The Hall–Kier alpha value is -2.14. The third-order valence-corrected chi connectivity index (χ3v) is 3.27. The fraction of sp³-hybridized carbons (Fsp3) is 0.267. The van der Waals surface area contributed by atoms with Crippen LogP contribution in [0.2, 0.25) is 0 Å². The number of para-hydroxylation sites is 1. The van der Waals surface area contributed by atoms with E-state index in [-0.39, 0.29) is 18.7 Å². The highest BCUT2D eigenvalue weighted by Crippen LogP contribution is 2.35. The van der Waals surface area contributed by atoms with Crippen LogP contribution in [0.3, 0.4) is 0 Å². The first-order valence-electron chi connectivity index (χ1n) is 6.46. The second-order valence-electron chi connectivity index (χ2n) is 4.65. The van der Waals surface area contributed by atoms with Gasteiger partial charge < -0.3 is 14.8 Å². The number of pyridine rings is 1. The van der Waals surface area contributed by atoms with Crippen LogP contribution < -0.4 is 14.8 Å². The standard InChI is InChI=1S/C15H15FN2O2/c1-10(13-6-5-12(16)8-18-13)17-7-11-3-2-4-14-15(11)20-9-19-14/h2-6,8,10,17H,7,9H2,1H3. The molecule has 4 nitrogen and oxygen atoms in total. The van der Waals surface area contributed by atoms with Gasteiger partial charge in [0, 0.05) is 18.2 Å². The topological polar surface area (TPSA) is 43.4 Å². The smallest absolute Gasteiger partial charge is 0.231 e. The fourth-order valence-electron chi connectivity index (χ4n) is 2.14. The molecule has 0 saturated heterocycles. The molecule has 0 saturated carbocycles. The van der Waals surface area contributed by atoms with Crippen LogP contribution in [0.4, 0.5) is 4.39 Å². The molecule has 0 bridgehead atoms. The summed E-state index contributed by atoms with van der Waals surface area (Å²) in [5.41, 5.74) is 1.84. The first-order chi connectivity index (χ1) is 9.74. The van der Waals surface area contributed by atoms with E-state index in [0.29, 0.717) is 6.54 Å². The summed E-state index contributed by atoms with van der Waals surface area (Å²) in [7, 11) is 0. The molecule has 1 aliphatic rings. The van der Waals surface area contributed by atoms with Gasteiger partial charge in [0.2, 0.25) is 6.79 Å². The average Bonchev–Trinajstić information content (AvgIpc) is 2.94. The van der Waals surface area contributed by atoms with E-state index in [1.165, 1.54) is 12.3 Å². The molecule has 2 heterocycles. The summed E-state index contributed by atoms with van der Waals surface area (Å²) in [5.74, 6) is 1.24. The third-order valence-electron chi connectivity index (χ3n) is 3.27. The third kappa shape index (κ3) is 2.58. The van der Waals surface area contributed by atoms with Crippen molar-refractivity contribution in [1.29, 1.82) is 0 Å². The van der Waals surface area contributed by atoms with E-state index in [2.05, 4.69) is 10.3 Å². The number of halogens is 1. The monoisotopic (exact) mass is 274 g/mol. The normalized spacial score (nSPS) is 14.3. The highest BCUT2D eigenvalue weighted by molar-refractivity contribution is 5.48. The van der Waals surface area contributed by atoms with Crippen LogP contribution in [0.5, 0.6) is 11.5 Å². The van der Waals surface area contributed by atoms with Crippen molar-refractivity contribution in [3.05, 3.63) is 53.6 Å². The van der Waals surface area contributed by atoms with Gasteiger partial charge >= 0.3 is 0 Å². The Morgan fingerprint density at radius 3 is 3.00 bits per heavy atom. The van der Waals surface area contributed by atoms with Crippen LogP contribution in [0.15, 0.2) is 36.5 Å². The molecule has 1 atom stereocenters. The quantitative estimate of drug-likeness (QED) is 0.931. The molecule has 0 fully saturated rings. The Morgan fingerprint density at radius 2 is 2.20 bits per heavy atom. The van der Waals surface area contributed by atoms with Crippen molar-refractivity contribution in [2.75, 3.05) is 6.79 Å². The summed E-state index contributed by atoms with van der Waals surface area (Å²) >= 11 is 0. The SMILES string of the molecule is CC(NCc1cccc2c1OCO2)c1ccc(F)cn1. The number of nitrogens with one attached hydrogen (secondary N) is 1. The second-order valence-corrected chi connectivity index (χ2v) is 4.65. The van der Waals surface area contributed by atoms with Gasteiger partial charge in [0.05, 0.1) is 11.9 Å². The molecular formula is C15H15FN2O2. The van der Waals surface area contributed by atoms with Crippen molar-refractivity contribution in [1.82, 2.24) is 10.3 Å². The maximum Gasteiger partial charge on any atom is 0.231 e. The molecular weight excluding hydrogens is 259 g/mol. The zero-order valence-electron chi connectivity index (χ0n) is 11.1. The molecule has 1 N–H and O–H groups in total. The van der Waals surface area contributed by atoms with Gasteiger partial charge in [0.1, 0.15) is 5.82 Å². The minimum absolute atomic E-state index is 0.0220. The number of fused-ring (bicyclic) bond motifs is 1. The Bertz CT molecular complexity index is 601. The number of hydrogen-bond donors (Lipinski definition) is 1. The first kappa shape index (κ1) is 12.9. The van der Waals surface area contributed by atoms with Crippen LogP contribution in [0.25, 0.3) is 0 Å². The number of hydrogen-bond acceptors (Lipinski definition) is 4. The molecule has 1 aromatic carbocycles. The molecule has 1 unspecified atom stereocenters. The molecule has 3 rings (SSSR count). The molecule has 2 aromatic rings. The fourth-order valence-corrected chi connectivity index (χ4v) is 2.14. The summed E-state index contributed by atoms with van der Waals surface area (Å²) in [6, 6.07) is 8.93. The molecule has 104 valence electrons. The minimum Gasteiger partial charge on any atom is -0.454 e. The predicted molar refractivity (Wildman–Crippen MR) is 72.0 cm³/mol. The van der Waals surface area contributed by atoms with Crippen molar-refractivity contribution in [2.45, 2.75) is 19.5 Å². The maximum absolute atomic E-state index is 12.8. The Morgan fingerprint density at radius 1 is 1.30 bits per heavy atom. The van der Waals surface area contributed by atoms with Crippen LogP contribution in [0, 0.1) is 5.82 Å². The molecule has 0 spiro atoms. The van der Waals surface area contributed by atoms with E-state index in [4.69, 9.17) is 9.47 Å². The summed E-state index contributed by atoms with van der Waals surface area (Å²) in [6.45, 7) is 2.88. The Labute approximate surface area is 116 Å². The van der Waals surface area contributed by atoms with Gasteiger partial charge in [-0.25, -0.2) is 4.39 Å². The number of rotatable bonds is 4. The summed E-state index contributed by atoms with van der Waals surface area (Å²) in [6.07, 6.45) is 1.23. The van der Waals surface area contributed by atoms with Crippen LogP contribution in [-0.2, 0) is 6.54 Å². The van der Waals surface area contributed by atoms with Gasteiger partial charge in [-0.15, -0.1) is 0 Å². The lowest BCUT2D eigenvalue weighted by atomic mass is 10.1. The van der Waals surface area contributed by atoms with E-state index in [0.717, 1.165) is 22.8 Å². The van der Waals surface area contributed by atoms with Gasteiger partial charge in [-0.3, -0.25) is 4.98 Å². The van der Waals surface area contributed by atoms with Crippen molar-refractivity contribution >= 4 is 0 Å². The number of aromatic nitrogens is 1. The predicted octanol–water partition coefficient (Wildman–Crippen LogP) is 2.80. The average molecular weight is 274 g/mol. The van der Waals surface area contributed by atoms with E-state index in [1.807, 2.05) is 25.1 Å². The molecule has 1 aliphatic heterocycles. The van der Waals surface area contributed by atoms with Crippen molar-refractivity contribution in [3.8, 4) is 11.5 Å². The van der Waals surface area contributed by atoms with E-state index < -0.39 is 0 Å². The van der Waals surface area contributed by atoms with Crippen molar-refractivity contribution in [3.63, 3.8) is 0 Å². The van der Waals surface area contributed by atoms with Gasteiger partial charge in [0.25, 0.3) is 0 Å². The Kier molecular flexibility index (Phi) is 3.52. The highest BCUT2D eigenvalue weighted by atomic mass is 19.1. The second kappa shape index (κ2) is 5.46. The van der Waals surface area contributed by atoms with E-state index in [9.17, 15) is 4.39 Å². The minimum atomic E-state index is -0.327. The molecule has 20 heavy (non-hydrogen) atoms. The number of benzene rings is 1. The highest BCUT2D eigenvalue weighted by Gasteiger charge is 2.17. The lowest BCUT2D eigenvalue weighted by Crippen LogP contribution is -2.19. The van der Waals surface area contributed by atoms with Gasteiger partial charge in [-0.2, -0.15) is 0 Å². The zero-order valence-corrected chi connectivity index (χ0v) is 11.1. The summed E-state index contributed by atoms with van der Waals surface area (Å²) in [5, 5.41) is 3.34. The zero-order chi connectivity index (χ0) is 13.9. The maximum atomic E-state index is 12.8. The van der Waals surface area contributed by atoms with Gasteiger partial charge in [-0.05, 0) is 25.1 Å². The Balaban J connectivity index is 1.68. The first-order valence-corrected chi connectivity index (χ1v) is 6.46. The van der Waals surface area contributed by atoms with Crippen molar-refractivity contribution in [2.24, 2.45) is 0 Å². The van der Waals surface area contributed by atoms with Crippen LogP contribution in [0.1, 0.15) is 24.2 Å². The number of ether oxygens (including phenoxy) is 2. The molecule has 5 heteroatoms. The lowest BCUT2D eigenvalue weighted by molar-refractivity contribution is 0.173. The van der Waals surface area contributed by atoms with Gasteiger partial charge in [-0.1, -0.05) is 12.1 Å². The molecule has 1 aromatic heterocycles. The molecule has 0 aliphatic carbocycles. The number of nitrogens with zero attached hydrogens (tertiary/aromatic N) is 1. The van der Waals surface area contributed by atoms with Crippen LogP contribution >= 0.6 is 0 Å². The molecule has 0 radical (unpaired) electrons. The summed E-state index contributed by atoms with van der Waals surface area (Å²) < 4.78 is 23.6. The summed E-state index contributed by atoms with van der Waals surface area (Å²) in [4.78, 5) is 4.07. The van der Waals surface area contributed by atoms with Crippen LogP contribution in [-0.4, -0.2) is 11.8 Å². The molecule has 0 amide bonds. The van der Waals surface area contributed by atoms with E-state index >= 15 is 0 Å². The van der Waals surface area contributed by atoms with Gasteiger partial charge in [0.15, 0.2) is 11.5 Å². The van der Waals surface area contributed by atoms with E-state index in [1.54, 1.807) is 6.07 Å².